The van der Waals surface area contributed by atoms with Gasteiger partial charge in [0.05, 0.1) is 12.6 Å². The van der Waals surface area contributed by atoms with Crippen molar-refractivity contribution in [1.82, 2.24) is 10.2 Å². The molecule has 0 bridgehead atoms. The Kier molecular flexibility index (Phi) is 8.70. The third-order valence-corrected chi connectivity index (χ3v) is 4.16. The number of hydrogen-bond donors (Lipinski definition) is 3. The Balaban J connectivity index is 2.67. The van der Waals surface area contributed by atoms with Crippen molar-refractivity contribution < 1.29 is 24.2 Å². The zero-order chi connectivity index (χ0) is 18.1. The minimum absolute atomic E-state index is 0.267. The molecule has 3 atom stereocenters. The molecule has 1 rings (SSSR count). The van der Waals surface area contributed by atoms with Crippen molar-refractivity contribution in [2.45, 2.75) is 64.1 Å². The Labute approximate surface area is 142 Å². The zero-order valence-corrected chi connectivity index (χ0v) is 14.5. The van der Waals surface area contributed by atoms with Gasteiger partial charge in [0.25, 0.3) is 0 Å². The number of rotatable bonds is 10. The molecule has 24 heavy (non-hydrogen) atoms. The first-order valence-corrected chi connectivity index (χ1v) is 8.58. The Morgan fingerprint density at radius 2 is 2.08 bits per heavy atom. The van der Waals surface area contributed by atoms with Gasteiger partial charge in [0.15, 0.2) is 0 Å². The maximum atomic E-state index is 12.5. The van der Waals surface area contributed by atoms with E-state index in [1.807, 2.05) is 0 Å². The predicted molar refractivity (Wildman–Crippen MR) is 88.3 cm³/mol. The van der Waals surface area contributed by atoms with Crippen molar-refractivity contribution in [3.05, 3.63) is 0 Å². The highest BCUT2D eigenvalue weighted by atomic mass is 16.5. The summed E-state index contributed by atoms with van der Waals surface area (Å²) in [5.74, 6) is -1.68. The van der Waals surface area contributed by atoms with Gasteiger partial charge in [-0.25, -0.2) is 4.79 Å². The smallest absolute Gasteiger partial charge is 0.326 e. The summed E-state index contributed by atoms with van der Waals surface area (Å²) >= 11 is 0. The lowest BCUT2D eigenvalue weighted by Gasteiger charge is -2.27. The molecule has 1 unspecified atom stereocenters. The van der Waals surface area contributed by atoms with Crippen LogP contribution >= 0.6 is 0 Å². The van der Waals surface area contributed by atoms with E-state index < -0.39 is 30.1 Å². The molecule has 1 aliphatic heterocycles. The van der Waals surface area contributed by atoms with Gasteiger partial charge < -0.3 is 20.5 Å². The van der Waals surface area contributed by atoms with Gasteiger partial charge in [-0.2, -0.15) is 0 Å². The molecule has 1 heterocycles. The average molecular weight is 343 g/mol. The van der Waals surface area contributed by atoms with Crippen molar-refractivity contribution in [3.63, 3.8) is 0 Å². The van der Waals surface area contributed by atoms with Crippen LogP contribution in [0.1, 0.15) is 46.0 Å². The maximum Gasteiger partial charge on any atom is 0.326 e. The van der Waals surface area contributed by atoms with E-state index in [-0.39, 0.29) is 12.5 Å². The number of nitrogens with zero attached hydrogens (tertiary/aromatic N) is 1. The van der Waals surface area contributed by atoms with E-state index in [9.17, 15) is 19.5 Å². The van der Waals surface area contributed by atoms with Crippen LogP contribution in [0.15, 0.2) is 0 Å². The van der Waals surface area contributed by atoms with Gasteiger partial charge in [-0.1, -0.05) is 6.42 Å². The lowest BCUT2D eigenvalue weighted by Crippen LogP contribution is -2.53. The van der Waals surface area contributed by atoms with E-state index >= 15 is 0 Å². The molecule has 4 N–H and O–H groups in total. The molecule has 1 aliphatic rings. The van der Waals surface area contributed by atoms with Crippen molar-refractivity contribution >= 4 is 17.8 Å². The number of aliphatic carboxylic acids is 1. The molecule has 1 saturated heterocycles. The fourth-order valence-electron chi connectivity index (χ4n) is 2.91. The number of hydrogen-bond acceptors (Lipinski definition) is 6. The highest BCUT2D eigenvalue weighted by molar-refractivity contribution is 5.88. The van der Waals surface area contributed by atoms with Gasteiger partial charge >= 0.3 is 11.9 Å². The monoisotopic (exact) mass is 343 g/mol. The Morgan fingerprint density at radius 1 is 1.38 bits per heavy atom. The van der Waals surface area contributed by atoms with Crippen LogP contribution in [0.4, 0.5) is 0 Å². The lowest BCUT2D eigenvalue weighted by molar-refractivity contribution is -0.150. The molecule has 0 saturated carbocycles. The number of nitrogens with one attached hydrogen (secondary N) is 1. The molecule has 0 spiro atoms. The van der Waals surface area contributed by atoms with Crippen molar-refractivity contribution in [1.29, 1.82) is 0 Å². The van der Waals surface area contributed by atoms with Crippen LogP contribution < -0.4 is 11.1 Å². The first kappa shape index (κ1) is 20.4. The van der Waals surface area contributed by atoms with E-state index in [4.69, 9.17) is 10.5 Å². The molecule has 8 heteroatoms. The van der Waals surface area contributed by atoms with Crippen molar-refractivity contribution in [2.24, 2.45) is 5.73 Å². The summed E-state index contributed by atoms with van der Waals surface area (Å²) in [6, 6.07) is -2.03. The second kappa shape index (κ2) is 10.2. The van der Waals surface area contributed by atoms with Crippen LogP contribution in [-0.2, 0) is 19.1 Å². The topological polar surface area (TPSA) is 122 Å². The fourth-order valence-corrected chi connectivity index (χ4v) is 2.91. The second-order valence-corrected chi connectivity index (χ2v) is 6.01. The lowest BCUT2D eigenvalue weighted by atomic mass is 10.1. The molecular weight excluding hydrogens is 314 g/mol. The van der Waals surface area contributed by atoms with E-state index in [0.29, 0.717) is 32.4 Å². The summed E-state index contributed by atoms with van der Waals surface area (Å²) in [6.45, 7) is 4.61. The second-order valence-electron chi connectivity index (χ2n) is 6.01. The third-order valence-electron chi connectivity index (χ3n) is 4.16. The molecule has 1 fully saturated rings. The number of carboxylic acids is 1. The molecule has 0 aromatic heterocycles. The first-order valence-electron chi connectivity index (χ1n) is 8.58. The number of likely N-dealkylation sites (tertiary alicyclic amines) is 1. The van der Waals surface area contributed by atoms with Gasteiger partial charge in [0.2, 0.25) is 5.91 Å². The highest BCUT2D eigenvalue weighted by Crippen LogP contribution is 2.18. The highest BCUT2D eigenvalue weighted by Gasteiger charge is 2.36. The Bertz CT molecular complexity index is 443. The van der Waals surface area contributed by atoms with E-state index in [0.717, 1.165) is 12.8 Å². The van der Waals surface area contributed by atoms with Gasteiger partial charge in [0.1, 0.15) is 12.1 Å². The first-order chi connectivity index (χ1) is 11.4. The van der Waals surface area contributed by atoms with Gasteiger partial charge in [-0.05, 0) is 46.1 Å². The Morgan fingerprint density at radius 3 is 2.67 bits per heavy atom. The number of carbonyl (C=O) groups is 3. The van der Waals surface area contributed by atoms with Crippen LogP contribution in [0.2, 0.25) is 0 Å². The van der Waals surface area contributed by atoms with E-state index in [2.05, 4.69) is 5.32 Å². The van der Waals surface area contributed by atoms with E-state index in [1.165, 1.54) is 4.90 Å². The van der Waals surface area contributed by atoms with Gasteiger partial charge in [-0.15, -0.1) is 0 Å². The molecule has 0 aromatic carbocycles. The summed E-state index contributed by atoms with van der Waals surface area (Å²) < 4.78 is 5.05. The number of nitrogens with two attached hydrogens (primary N) is 1. The van der Waals surface area contributed by atoms with E-state index in [1.54, 1.807) is 13.8 Å². The number of esters is 1. The average Bonchev–Trinajstić information content (AvgIpc) is 3.03. The van der Waals surface area contributed by atoms with Crippen LogP contribution in [0.5, 0.6) is 0 Å². The van der Waals surface area contributed by atoms with Crippen molar-refractivity contribution in [2.75, 3.05) is 19.7 Å². The minimum atomic E-state index is -0.988. The van der Waals surface area contributed by atoms with Gasteiger partial charge in [0, 0.05) is 6.54 Å². The molecule has 138 valence electrons. The SMILES string of the molecule is CCOC(=O)[C@H](CCCCN)NC(C)C(=O)N1CCC[C@H]1C(=O)O. The number of carbonyl (C=O) groups excluding carboxylic acids is 2. The summed E-state index contributed by atoms with van der Waals surface area (Å²) in [7, 11) is 0. The summed E-state index contributed by atoms with van der Waals surface area (Å²) in [5.41, 5.74) is 5.47. The number of amides is 1. The summed E-state index contributed by atoms with van der Waals surface area (Å²) in [5, 5.41) is 12.2. The predicted octanol–water partition coefficient (Wildman–Crippen LogP) is 0.101. The number of ether oxygens (including phenoxy) is 1. The van der Waals surface area contributed by atoms with Crippen molar-refractivity contribution in [3.8, 4) is 0 Å². The Hall–Kier alpha value is -1.67. The minimum Gasteiger partial charge on any atom is -0.480 e. The quantitative estimate of drug-likeness (QED) is 0.380. The normalized spacial score (nSPS) is 19.8. The number of unbranched alkanes of at least 4 members (excludes halogenated alkanes) is 1. The maximum absolute atomic E-state index is 12.5. The standard InChI is InChI=1S/C16H29N3O5/c1-3-24-16(23)12(7-4-5-9-17)18-11(2)14(20)19-10-6-8-13(19)15(21)22/h11-13,18H,3-10,17H2,1-2H3,(H,21,22)/t11?,12-,13-/m0/s1. The molecule has 0 aliphatic carbocycles. The van der Waals surface area contributed by atoms with Gasteiger partial charge in [-0.3, -0.25) is 14.9 Å². The summed E-state index contributed by atoms with van der Waals surface area (Å²) in [6.07, 6.45) is 3.19. The summed E-state index contributed by atoms with van der Waals surface area (Å²) in [4.78, 5) is 37.2. The van der Waals surface area contributed by atoms with Crippen LogP contribution in [0.3, 0.4) is 0 Å². The molecule has 8 nitrogen and oxygen atoms in total. The van der Waals surface area contributed by atoms with Crippen LogP contribution in [0, 0.1) is 0 Å². The van der Waals surface area contributed by atoms with Crippen LogP contribution in [-0.4, -0.2) is 65.7 Å². The van der Waals surface area contributed by atoms with Crippen LogP contribution in [0.25, 0.3) is 0 Å². The zero-order valence-electron chi connectivity index (χ0n) is 14.5. The molecule has 0 radical (unpaired) electrons. The molecule has 1 amide bonds. The fraction of sp³-hybridized carbons (Fsp3) is 0.812. The number of carboxylic acid groups (broad SMARTS) is 1. The third kappa shape index (κ3) is 5.76. The molecule has 0 aromatic rings. The molecular formula is C16H29N3O5. The largest absolute Gasteiger partial charge is 0.480 e.